The Morgan fingerprint density at radius 1 is 1.19 bits per heavy atom. The molecule has 0 aliphatic heterocycles. The van der Waals surface area contributed by atoms with E-state index in [1.165, 1.54) is 16.7 Å². The van der Waals surface area contributed by atoms with Crippen LogP contribution in [0.5, 0.6) is 5.75 Å². The van der Waals surface area contributed by atoms with Crippen LogP contribution < -0.4 is 10.1 Å². The molecule has 5 heteroatoms. The van der Waals surface area contributed by atoms with E-state index in [1.807, 2.05) is 37.7 Å². The zero-order valence-corrected chi connectivity index (χ0v) is 18.0. The smallest absolute Gasteiger partial charge is 0.244 e. The fourth-order valence-corrected chi connectivity index (χ4v) is 4.60. The summed E-state index contributed by atoms with van der Waals surface area (Å²) in [5.74, 6) is 1.26. The normalized spacial score (nSPS) is 17.7. The number of aromatic nitrogens is 2. The molecule has 1 N–H and O–H groups in total. The molecule has 1 amide bonds. The Hall–Kier alpha value is -3.34. The van der Waals surface area contributed by atoms with Crippen molar-refractivity contribution in [2.45, 2.75) is 44.6 Å². The van der Waals surface area contributed by atoms with Gasteiger partial charge in [0.05, 0.1) is 30.9 Å². The number of hydrogen-bond donors (Lipinski definition) is 1. The first-order chi connectivity index (χ1) is 15.1. The van der Waals surface area contributed by atoms with Gasteiger partial charge in [-0.15, -0.1) is 0 Å². The Balaban J connectivity index is 1.39. The number of aryl methyl sites for hydroxylation is 2. The molecule has 1 unspecified atom stereocenters. The number of benzene rings is 2. The highest BCUT2D eigenvalue weighted by Crippen LogP contribution is 2.48. The predicted octanol–water partition coefficient (Wildman–Crippen LogP) is 4.88. The van der Waals surface area contributed by atoms with Crippen LogP contribution in [0, 0.1) is 6.92 Å². The fraction of sp³-hybridized carbons (Fsp3) is 0.308. The highest BCUT2D eigenvalue weighted by atomic mass is 16.5. The van der Waals surface area contributed by atoms with Crippen molar-refractivity contribution in [2.75, 3.05) is 7.11 Å². The lowest BCUT2D eigenvalue weighted by Crippen LogP contribution is -2.25. The van der Waals surface area contributed by atoms with Crippen LogP contribution in [-0.2, 0) is 11.2 Å². The van der Waals surface area contributed by atoms with Crippen molar-refractivity contribution < 1.29 is 9.53 Å². The summed E-state index contributed by atoms with van der Waals surface area (Å²) >= 11 is 0. The second-order valence-electron chi connectivity index (χ2n) is 8.45. The number of rotatable bonds is 6. The number of nitrogens with zero attached hydrogens (tertiary/aromatic N) is 2. The molecule has 2 aliphatic carbocycles. The minimum absolute atomic E-state index is 0.0777. The second kappa shape index (κ2) is 8.06. The first kappa shape index (κ1) is 19.6. The first-order valence-electron chi connectivity index (χ1n) is 10.9. The minimum Gasteiger partial charge on any atom is -0.496 e. The lowest BCUT2D eigenvalue weighted by molar-refractivity contribution is -0.117. The molecule has 1 fully saturated rings. The van der Waals surface area contributed by atoms with Crippen molar-refractivity contribution in [1.29, 1.82) is 0 Å². The summed E-state index contributed by atoms with van der Waals surface area (Å²) in [6.45, 7) is 1.99. The van der Waals surface area contributed by atoms with Crippen molar-refractivity contribution in [3.63, 3.8) is 0 Å². The number of hydrogen-bond acceptors (Lipinski definition) is 3. The Morgan fingerprint density at radius 3 is 2.77 bits per heavy atom. The fourth-order valence-electron chi connectivity index (χ4n) is 4.60. The van der Waals surface area contributed by atoms with E-state index in [-0.39, 0.29) is 11.9 Å². The molecule has 3 aromatic rings. The Morgan fingerprint density at radius 2 is 2.03 bits per heavy atom. The summed E-state index contributed by atoms with van der Waals surface area (Å²) < 4.78 is 7.90. The number of imidazole rings is 1. The first-order valence-corrected chi connectivity index (χ1v) is 10.9. The molecule has 2 aliphatic rings. The van der Waals surface area contributed by atoms with Gasteiger partial charge in [-0.1, -0.05) is 24.3 Å². The topological polar surface area (TPSA) is 56.1 Å². The maximum atomic E-state index is 12.7. The average molecular weight is 414 g/mol. The van der Waals surface area contributed by atoms with Crippen LogP contribution in [0.25, 0.3) is 11.8 Å². The van der Waals surface area contributed by atoms with Crippen molar-refractivity contribution in [3.05, 3.63) is 82.9 Å². The van der Waals surface area contributed by atoms with Crippen LogP contribution in [0.1, 0.15) is 59.2 Å². The van der Waals surface area contributed by atoms with Gasteiger partial charge in [0.25, 0.3) is 0 Å². The van der Waals surface area contributed by atoms with Gasteiger partial charge in [0.15, 0.2) is 0 Å². The van der Waals surface area contributed by atoms with Crippen LogP contribution in [-0.4, -0.2) is 22.6 Å². The van der Waals surface area contributed by atoms with Crippen molar-refractivity contribution in [1.82, 2.24) is 14.9 Å². The van der Waals surface area contributed by atoms with E-state index in [0.717, 1.165) is 48.4 Å². The molecule has 2 aromatic carbocycles. The van der Waals surface area contributed by atoms with Gasteiger partial charge in [0.1, 0.15) is 5.75 Å². The Labute approximate surface area is 182 Å². The van der Waals surface area contributed by atoms with E-state index < -0.39 is 0 Å². The predicted molar refractivity (Wildman–Crippen MR) is 122 cm³/mol. The minimum atomic E-state index is -0.0777. The molecule has 5 nitrogen and oxygen atoms in total. The second-order valence-corrected chi connectivity index (χ2v) is 8.45. The molecule has 5 rings (SSSR count). The molecular weight excluding hydrogens is 386 g/mol. The van der Waals surface area contributed by atoms with Gasteiger partial charge >= 0.3 is 0 Å². The van der Waals surface area contributed by atoms with E-state index in [1.54, 1.807) is 13.2 Å². The molecule has 31 heavy (non-hydrogen) atoms. The van der Waals surface area contributed by atoms with Gasteiger partial charge in [-0.2, -0.15) is 0 Å². The number of amides is 1. The summed E-state index contributed by atoms with van der Waals surface area (Å²) in [6.07, 6.45) is 11.6. The third kappa shape index (κ3) is 3.88. The van der Waals surface area contributed by atoms with Gasteiger partial charge in [-0.3, -0.25) is 4.79 Å². The number of carbonyl (C=O) groups is 1. The van der Waals surface area contributed by atoms with Gasteiger partial charge in [0.2, 0.25) is 5.91 Å². The number of methoxy groups -OCH3 is 1. The maximum absolute atomic E-state index is 12.7. The molecule has 1 aromatic heterocycles. The van der Waals surface area contributed by atoms with E-state index in [4.69, 9.17) is 4.74 Å². The number of ether oxygens (including phenoxy) is 1. The van der Waals surface area contributed by atoms with Crippen LogP contribution in [0.4, 0.5) is 0 Å². The van der Waals surface area contributed by atoms with E-state index in [9.17, 15) is 4.79 Å². The summed E-state index contributed by atoms with van der Waals surface area (Å²) in [7, 11) is 1.71. The molecule has 0 saturated heterocycles. The lowest BCUT2D eigenvalue weighted by atomic mass is 10.0. The molecule has 0 spiro atoms. The zero-order chi connectivity index (χ0) is 21.4. The summed E-state index contributed by atoms with van der Waals surface area (Å²) in [5.41, 5.74) is 6.77. The summed E-state index contributed by atoms with van der Waals surface area (Å²) in [5, 5.41) is 3.15. The SMILES string of the molecule is COc1c(/C=C/C(=O)NC2CCc3ccccc32)ccc(-n2cnc(C)c2)c1C1CC1. The Bertz CT molecular complexity index is 1160. The van der Waals surface area contributed by atoms with Gasteiger partial charge in [-0.05, 0) is 67.9 Å². The number of nitrogens with one attached hydrogen (secondary N) is 1. The standard InChI is InChI=1S/C26H27N3O2/c1-17-15-29(16-27-17)23-13-10-20(26(31-2)25(23)19-7-8-19)11-14-24(30)28-22-12-9-18-5-3-4-6-21(18)22/h3-6,10-11,13-16,19,22H,7-9,12H2,1-2H3,(H,28,30)/b14-11+. The van der Waals surface area contributed by atoms with Gasteiger partial charge in [-0.25, -0.2) is 4.98 Å². The van der Waals surface area contributed by atoms with Crippen LogP contribution in [0.15, 0.2) is 55.0 Å². The van der Waals surface area contributed by atoms with Crippen LogP contribution >= 0.6 is 0 Å². The van der Waals surface area contributed by atoms with Crippen molar-refractivity contribution in [2.24, 2.45) is 0 Å². The highest BCUT2D eigenvalue weighted by Gasteiger charge is 2.31. The largest absolute Gasteiger partial charge is 0.496 e. The van der Waals surface area contributed by atoms with Crippen molar-refractivity contribution in [3.8, 4) is 11.4 Å². The number of fused-ring (bicyclic) bond motifs is 1. The van der Waals surface area contributed by atoms with Crippen LogP contribution in [0.2, 0.25) is 0 Å². The number of carbonyl (C=O) groups excluding carboxylic acids is 1. The van der Waals surface area contributed by atoms with Crippen LogP contribution in [0.3, 0.4) is 0 Å². The molecular formula is C26H27N3O2. The van der Waals surface area contributed by atoms with E-state index in [0.29, 0.717) is 5.92 Å². The van der Waals surface area contributed by atoms with Crippen molar-refractivity contribution >= 4 is 12.0 Å². The third-order valence-electron chi connectivity index (χ3n) is 6.25. The molecule has 0 bridgehead atoms. The zero-order valence-electron chi connectivity index (χ0n) is 18.0. The molecule has 1 saturated carbocycles. The summed E-state index contributed by atoms with van der Waals surface area (Å²) in [4.78, 5) is 17.0. The maximum Gasteiger partial charge on any atom is 0.244 e. The third-order valence-corrected chi connectivity index (χ3v) is 6.25. The molecule has 1 atom stereocenters. The highest BCUT2D eigenvalue weighted by molar-refractivity contribution is 5.92. The molecule has 158 valence electrons. The van der Waals surface area contributed by atoms with Gasteiger partial charge < -0.3 is 14.6 Å². The van der Waals surface area contributed by atoms with E-state index >= 15 is 0 Å². The summed E-state index contributed by atoms with van der Waals surface area (Å²) in [6, 6.07) is 12.5. The monoisotopic (exact) mass is 413 g/mol. The molecule has 0 radical (unpaired) electrons. The lowest BCUT2D eigenvalue weighted by Gasteiger charge is -2.17. The average Bonchev–Trinajstić information content (AvgIpc) is 3.42. The van der Waals surface area contributed by atoms with E-state index in [2.05, 4.69) is 39.1 Å². The quantitative estimate of drug-likeness (QED) is 0.586. The molecule has 1 heterocycles. The van der Waals surface area contributed by atoms with Gasteiger partial charge in [0, 0.05) is 23.4 Å². The Kier molecular flexibility index (Phi) is 5.10.